The van der Waals surface area contributed by atoms with Crippen molar-refractivity contribution in [2.75, 3.05) is 18.1 Å². The summed E-state index contributed by atoms with van der Waals surface area (Å²) in [5.41, 5.74) is 4.07. The molecule has 5 heteroatoms. The fourth-order valence-corrected chi connectivity index (χ4v) is 4.75. The zero-order valence-electron chi connectivity index (χ0n) is 17.6. The number of aromatic nitrogens is 1. The average molecular weight is 409 g/mol. The summed E-state index contributed by atoms with van der Waals surface area (Å²) in [5.74, 6) is -0.0160. The third-order valence-electron chi connectivity index (χ3n) is 5.49. The first-order valence-electron chi connectivity index (χ1n) is 10.2. The molecular formula is C24H28N2O2S. The molecule has 1 unspecified atom stereocenters. The van der Waals surface area contributed by atoms with Gasteiger partial charge >= 0.3 is 0 Å². The van der Waals surface area contributed by atoms with Crippen LogP contribution in [-0.4, -0.2) is 30.1 Å². The molecule has 1 atom stereocenters. The second-order valence-electron chi connectivity index (χ2n) is 8.80. The van der Waals surface area contributed by atoms with Crippen LogP contribution in [0.25, 0.3) is 10.2 Å². The molecule has 0 saturated carbocycles. The Morgan fingerprint density at radius 2 is 1.97 bits per heavy atom. The first-order valence-corrected chi connectivity index (χ1v) is 11.0. The maximum absolute atomic E-state index is 13.5. The maximum atomic E-state index is 13.5. The fraction of sp³-hybridized carbons (Fsp3) is 0.417. The van der Waals surface area contributed by atoms with Crippen LogP contribution in [0.4, 0.5) is 5.13 Å². The normalized spacial score (nSPS) is 17.0. The number of benzene rings is 2. The Morgan fingerprint density at radius 3 is 2.59 bits per heavy atom. The van der Waals surface area contributed by atoms with Crippen LogP contribution < -0.4 is 4.90 Å². The molecule has 0 aliphatic carbocycles. The number of thiazole rings is 1. The Kier molecular flexibility index (Phi) is 5.45. The highest BCUT2D eigenvalue weighted by atomic mass is 32.1. The molecule has 3 aromatic rings. The third-order valence-corrected chi connectivity index (χ3v) is 6.54. The number of amides is 1. The summed E-state index contributed by atoms with van der Waals surface area (Å²) in [6.07, 6.45) is 2.10. The van der Waals surface area contributed by atoms with E-state index in [2.05, 4.69) is 52.0 Å². The van der Waals surface area contributed by atoms with E-state index in [1.54, 1.807) is 11.3 Å². The molecule has 1 aliphatic heterocycles. The largest absolute Gasteiger partial charge is 0.376 e. The number of anilines is 1. The number of rotatable bonds is 4. The van der Waals surface area contributed by atoms with E-state index in [0.29, 0.717) is 12.1 Å². The van der Waals surface area contributed by atoms with Gasteiger partial charge in [0.1, 0.15) is 0 Å². The molecule has 0 bridgehead atoms. The van der Waals surface area contributed by atoms with Crippen LogP contribution >= 0.6 is 11.3 Å². The standard InChI is InChI=1S/C24H28N2O2S/c1-16-7-5-9-20-21(16)25-23(29-20)26(15-19-8-6-14-28-19)22(27)17-10-12-18(13-11-17)24(2,3)4/h5,7,9-13,19H,6,8,14-15H2,1-4H3. The van der Waals surface area contributed by atoms with Crippen molar-refractivity contribution in [3.8, 4) is 0 Å². The molecule has 1 aromatic heterocycles. The molecule has 2 heterocycles. The Balaban J connectivity index is 1.69. The minimum absolute atomic E-state index is 0.0160. The molecule has 0 spiro atoms. The van der Waals surface area contributed by atoms with Gasteiger partial charge in [-0.3, -0.25) is 9.69 Å². The molecule has 1 aliphatic rings. The SMILES string of the molecule is Cc1cccc2sc(N(CC3CCCO3)C(=O)c3ccc(C(C)(C)C)cc3)nc12. The van der Waals surface area contributed by atoms with E-state index >= 15 is 0 Å². The number of hydrogen-bond donors (Lipinski definition) is 0. The fourth-order valence-electron chi connectivity index (χ4n) is 3.70. The Hall–Kier alpha value is -2.24. The predicted octanol–water partition coefficient (Wildman–Crippen LogP) is 5.73. The minimum Gasteiger partial charge on any atom is -0.376 e. The van der Waals surface area contributed by atoms with Crippen LogP contribution in [-0.2, 0) is 10.2 Å². The van der Waals surface area contributed by atoms with Crippen LogP contribution in [0.2, 0.25) is 0 Å². The van der Waals surface area contributed by atoms with Crippen molar-refractivity contribution < 1.29 is 9.53 Å². The number of hydrogen-bond acceptors (Lipinski definition) is 4. The number of ether oxygens (including phenoxy) is 1. The van der Waals surface area contributed by atoms with Crippen molar-refractivity contribution >= 4 is 32.6 Å². The molecule has 1 saturated heterocycles. The zero-order valence-corrected chi connectivity index (χ0v) is 18.4. The summed E-state index contributed by atoms with van der Waals surface area (Å²) in [5, 5.41) is 0.745. The summed E-state index contributed by atoms with van der Waals surface area (Å²) in [6, 6.07) is 14.1. The Labute approximate surface area is 176 Å². The highest BCUT2D eigenvalue weighted by Crippen LogP contribution is 2.32. The first kappa shape index (κ1) is 20.0. The van der Waals surface area contributed by atoms with E-state index in [1.165, 1.54) is 5.56 Å². The lowest BCUT2D eigenvalue weighted by Gasteiger charge is -2.24. The predicted molar refractivity (Wildman–Crippen MR) is 120 cm³/mol. The van der Waals surface area contributed by atoms with Crippen molar-refractivity contribution in [2.24, 2.45) is 0 Å². The highest BCUT2D eigenvalue weighted by molar-refractivity contribution is 7.22. The highest BCUT2D eigenvalue weighted by Gasteiger charge is 2.27. The lowest BCUT2D eigenvalue weighted by atomic mass is 9.86. The first-order chi connectivity index (χ1) is 13.8. The summed E-state index contributed by atoms with van der Waals surface area (Å²) in [7, 11) is 0. The number of para-hydroxylation sites is 1. The number of aryl methyl sites for hydroxylation is 1. The topological polar surface area (TPSA) is 42.4 Å². The van der Waals surface area contributed by atoms with Gasteiger partial charge in [-0.05, 0) is 54.5 Å². The van der Waals surface area contributed by atoms with Crippen molar-refractivity contribution in [1.29, 1.82) is 0 Å². The summed E-state index contributed by atoms with van der Waals surface area (Å²) < 4.78 is 6.94. The van der Waals surface area contributed by atoms with Gasteiger partial charge in [0.15, 0.2) is 5.13 Å². The molecule has 4 nitrogen and oxygen atoms in total. The van der Waals surface area contributed by atoms with Crippen molar-refractivity contribution in [3.05, 3.63) is 59.2 Å². The monoisotopic (exact) mass is 408 g/mol. The number of carbonyl (C=O) groups excluding carboxylic acids is 1. The van der Waals surface area contributed by atoms with E-state index in [-0.39, 0.29) is 17.4 Å². The van der Waals surface area contributed by atoms with Crippen LogP contribution in [0.3, 0.4) is 0 Å². The van der Waals surface area contributed by atoms with E-state index in [1.807, 2.05) is 23.1 Å². The van der Waals surface area contributed by atoms with Crippen LogP contribution in [0.15, 0.2) is 42.5 Å². The number of fused-ring (bicyclic) bond motifs is 1. The summed E-state index contributed by atoms with van der Waals surface area (Å²) >= 11 is 1.57. The van der Waals surface area contributed by atoms with Crippen LogP contribution in [0.5, 0.6) is 0 Å². The van der Waals surface area contributed by atoms with Crippen molar-refractivity contribution in [1.82, 2.24) is 4.98 Å². The van der Waals surface area contributed by atoms with Gasteiger partial charge in [0.25, 0.3) is 5.91 Å². The minimum atomic E-state index is -0.0160. The quantitative estimate of drug-likeness (QED) is 0.554. The number of nitrogens with zero attached hydrogens (tertiary/aromatic N) is 2. The Bertz CT molecular complexity index is 1010. The van der Waals surface area contributed by atoms with Gasteiger partial charge in [0, 0.05) is 12.2 Å². The molecule has 2 aromatic carbocycles. The van der Waals surface area contributed by atoms with E-state index in [4.69, 9.17) is 9.72 Å². The van der Waals surface area contributed by atoms with Gasteiger partial charge < -0.3 is 4.74 Å². The molecule has 29 heavy (non-hydrogen) atoms. The van der Waals surface area contributed by atoms with Crippen molar-refractivity contribution in [3.63, 3.8) is 0 Å². The number of carbonyl (C=O) groups is 1. The molecule has 0 radical (unpaired) electrons. The maximum Gasteiger partial charge on any atom is 0.260 e. The van der Waals surface area contributed by atoms with Gasteiger partial charge in [-0.15, -0.1) is 0 Å². The van der Waals surface area contributed by atoms with Gasteiger partial charge in [-0.1, -0.05) is 56.4 Å². The van der Waals surface area contributed by atoms with Crippen molar-refractivity contribution in [2.45, 2.75) is 52.1 Å². The molecule has 4 rings (SSSR count). The average Bonchev–Trinajstić information content (AvgIpc) is 3.35. The van der Waals surface area contributed by atoms with Crippen LogP contribution in [0.1, 0.15) is 55.1 Å². The molecule has 1 fully saturated rings. The molecule has 0 N–H and O–H groups in total. The summed E-state index contributed by atoms with van der Waals surface area (Å²) in [4.78, 5) is 20.1. The van der Waals surface area contributed by atoms with E-state index < -0.39 is 0 Å². The second-order valence-corrected chi connectivity index (χ2v) is 9.81. The molecule has 152 valence electrons. The lowest BCUT2D eigenvalue weighted by molar-refractivity contribution is 0.0917. The van der Waals surface area contributed by atoms with Gasteiger partial charge in [0.2, 0.25) is 0 Å². The van der Waals surface area contributed by atoms with Gasteiger partial charge in [0.05, 0.1) is 22.9 Å². The Morgan fingerprint density at radius 1 is 1.21 bits per heavy atom. The smallest absolute Gasteiger partial charge is 0.260 e. The second kappa shape index (κ2) is 7.88. The van der Waals surface area contributed by atoms with Gasteiger partial charge in [-0.25, -0.2) is 4.98 Å². The summed E-state index contributed by atoms with van der Waals surface area (Å²) in [6.45, 7) is 9.90. The third kappa shape index (κ3) is 4.21. The van der Waals surface area contributed by atoms with E-state index in [9.17, 15) is 4.79 Å². The van der Waals surface area contributed by atoms with Gasteiger partial charge in [-0.2, -0.15) is 0 Å². The lowest BCUT2D eigenvalue weighted by Crippen LogP contribution is -2.37. The molecular weight excluding hydrogens is 380 g/mol. The van der Waals surface area contributed by atoms with Crippen LogP contribution in [0, 0.1) is 6.92 Å². The van der Waals surface area contributed by atoms with E-state index in [0.717, 1.165) is 40.4 Å². The zero-order chi connectivity index (χ0) is 20.6. The molecule has 1 amide bonds.